The quantitative estimate of drug-likeness (QED) is 0.869. The van der Waals surface area contributed by atoms with Crippen LogP contribution in [0.1, 0.15) is 32.1 Å². The lowest BCUT2D eigenvalue weighted by molar-refractivity contribution is -0.124. The van der Waals surface area contributed by atoms with Crippen molar-refractivity contribution in [2.45, 2.75) is 32.1 Å². The molecule has 108 valence electrons. The number of halogens is 1. The van der Waals surface area contributed by atoms with E-state index in [0.717, 1.165) is 25.7 Å². The van der Waals surface area contributed by atoms with E-state index in [-0.39, 0.29) is 36.4 Å². The first-order valence-electron chi connectivity index (χ1n) is 6.99. The lowest BCUT2D eigenvalue weighted by atomic mass is 10.1. The van der Waals surface area contributed by atoms with Crippen LogP contribution in [-0.4, -0.2) is 18.4 Å². The van der Waals surface area contributed by atoms with Crippen LogP contribution < -0.4 is 10.6 Å². The first-order valence-corrected chi connectivity index (χ1v) is 6.99. The van der Waals surface area contributed by atoms with Crippen LogP contribution >= 0.6 is 0 Å². The maximum Gasteiger partial charge on any atom is 0.226 e. The molecule has 1 fully saturated rings. The average Bonchev–Trinajstić information content (AvgIpc) is 2.95. The molecule has 0 spiro atoms. The van der Waals surface area contributed by atoms with E-state index in [0.29, 0.717) is 0 Å². The zero-order chi connectivity index (χ0) is 14.4. The highest BCUT2D eigenvalue weighted by molar-refractivity contribution is 5.91. The van der Waals surface area contributed by atoms with Crippen LogP contribution in [0.5, 0.6) is 0 Å². The number of para-hydroxylation sites is 1. The Hall–Kier alpha value is -1.91. The number of nitrogens with one attached hydrogen (secondary N) is 2. The predicted octanol–water partition coefficient (Wildman–Crippen LogP) is 2.46. The van der Waals surface area contributed by atoms with Gasteiger partial charge in [-0.3, -0.25) is 9.59 Å². The molecule has 2 rings (SSSR count). The smallest absolute Gasteiger partial charge is 0.226 e. The predicted molar refractivity (Wildman–Crippen MR) is 74.6 cm³/mol. The van der Waals surface area contributed by atoms with E-state index < -0.39 is 5.82 Å². The van der Waals surface area contributed by atoms with Crippen molar-refractivity contribution in [1.82, 2.24) is 5.32 Å². The van der Waals surface area contributed by atoms with Crippen molar-refractivity contribution >= 4 is 17.5 Å². The fraction of sp³-hybridized carbons (Fsp3) is 0.467. The molecule has 1 aromatic rings. The second-order valence-corrected chi connectivity index (χ2v) is 5.05. The third-order valence-electron chi connectivity index (χ3n) is 3.53. The van der Waals surface area contributed by atoms with Gasteiger partial charge >= 0.3 is 0 Å². The Labute approximate surface area is 117 Å². The van der Waals surface area contributed by atoms with Gasteiger partial charge in [0.2, 0.25) is 11.8 Å². The molecule has 0 radical (unpaired) electrons. The third-order valence-corrected chi connectivity index (χ3v) is 3.53. The number of amides is 2. The van der Waals surface area contributed by atoms with Gasteiger partial charge in [0.05, 0.1) is 5.69 Å². The first kappa shape index (κ1) is 14.5. The van der Waals surface area contributed by atoms with E-state index in [2.05, 4.69) is 10.6 Å². The number of carbonyl (C=O) groups is 2. The molecule has 1 aliphatic rings. The number of hydrogen-bond acceptors (Lipinski definition) is 2. The van der Waals surface area contributed by atoms with Crippen molar-refractivity contribution in [3.8, 4) is 0 Å². The Kier molecular flexibility index (Phi) is 5.09. The molecular formula is C15H19FN2O2. The molecule has 0 saturated heterocycles. The summed E-state index contributed by atoms with van der Waals surface area (Å²) in [5.74, 6) is -0.636. The molecule has 2 amide bonds. The lowest BCUT2D eigenvalue weighted by Gasteiger charge is -2.10. The number of hydrogen-bond donors (Lipinski definition) is 2. The third kappa shape index (κ3) is 4.05. The summed E-state index contributed by atoms with van der Waals surface area (Å²) in [6, 6.07) is 6.01. The van der Waals surface area contributed by atoms with Crippen LogP contribution in [0.25, 0.3) is 0 Å². The molecular weight excluding hydrogens is 259 g/mol. The fourth-order valence-electron chi connectivity index (χ4n) is 2.41. The fourth-order valence-corrected chi connectivity index (χ4v) is 2.41. The molecule has 0 aromatic heterocycles. The Balaban J connectivity index is 1.70. The largest absolute Gasteiger partial charge is 0.355 e. The van der Waals surface area contributed by atoms with E-state index in [4.69, 9.17) is 0 Å². The summed E-state index contributed by atoms with van der Waals surface area (Å²) in [6.45, 7) is 0.287. The molecule has 4 nitrogen and oxygen atoms in total. The summed E-state index contributed by atoms with van der Waals surface area (Å²) in [5, 5.41) is 5.25. The number of rotatable bonds is 5. The Morgan fingerprint density at radius 1 is 1.20 bits per heavy atom. The second-order valence-electron chi connectivity index (χ2n) is 5.05. The summed E-state index contributed by atoms with van der Waals surface area (Å²) < 4.78 is 13.3. The molecule has 1 aliphatic carbocycles. The minimum Gasteiger partial charge on any atom is -0.355 e. The van der Waals surface area contributed by atoms with Crippen LogP contribution in [0, 0.1) is 11.7 Å². The van der Waals surface area contributed by atoms with Gasteiger partial charge in [-0.05, 0) is 25.0 Å². The Bertz CT molecular complexity index is 485. The molecule has 5 heteroatoms. The van der Waals surface area contributed by atoms with E-state index in [1.165, 1.54) is 12.1 Å². The highest BCUT2D eigenvalue weighted by Gasteiger charge is 2.22. The van der Waals surface area contributed by atoms with Gasteiger partial charge in [-0.25, -0.2) is 4.39 Å². The molecule has 2 N–H and O–H groups in total. The lowest BCUT2D eigenvalue weighted by Crippen LogP contribution is -2.32. The number of anilines is 1. The number of benzene rings is 1. The molecule has 1 aromatic carbocycles. The normalized spacial score (nSPS) is 15.1. The summed E-state index contributed by atoms with van der Waals surface area (Å²) in [7, 11) is 0. The SMILES string of the molecule is O=C(CCNC(=O)C1CCCC1)Nc1ccccc1F. The molecule has 20 heavy (non-hydrogen) atoms. The molecule has 0 unspecified atom stereocenters. The highest BCUT2D eigenvalue weighted by atomic mass is 19.1. The van der Waals surface area contributed by atoms with Gasteiger partial charge in [-0.1, -0.05) is 25.0 Å². The minimum atomic E-state index is -0.462. The van der Waals surface area contributed by atoms with Crippen LogP contribution in [-0.2, 0) is 9.59 Å². The molecule has 0 bridgehead atoms. The summed E-state index contributed by atoms with van der Waals surface area (Å²) in [5.41, 5.74) is 0.166. The highest BCUT2D eigenvalue weighted by Crippen LogP contribution is 2.24. The van der Waals surface area contributed by atoms with Crippen molar-refractivity contribution in [2.24, 2.45) is 5.92 Å². The van der Waals surface area contributed by atoms with Gasteiger partial charge in [-0.2, -0.15) is 0 Å². The Morgan fingerprint density at radius 3 is 2.60 bits per heavy atom. The van der Waals surface area contributed by atoms with Gasteiger partial charge in [0.25, 0.3) is 0 Å². The van der Waals surface area contributed by atoms with Gasteiger partial charge in [0.1, 0.15) is 5.82 Å². The van der Waals surface area contributed by atoms with Gasteiger partial charge in [0.15, 0.2) is 0 Å². The van der Waals surface area contributed by atoms with E-state index in [9.17, 15) is 14.0 Å². The monoisotopic (exact) mass is 278 g/mol. The first-order chi connectivity index (χ1) is 9.66. The standard InChI is InChI=1S/C15H19FN2O2/c16-12-7-3-4-8-13(12)18-14(19)9-10-17-15(20)11-5-1-2-6-11/h3-4,7-8,11H,1-2,5-6,9-10H2,(H,17,20)(H,18,19). The van der Waals surface area contributed by atoms with E-state index >= 15 is 0 Å². The van der Waals surface area contributed by atoms with Crippen LogP contribution in [0.3, 0.4) is 0 Å². The van der Waals surface area contributed by atoms with Crippen LogP contribution in [0.2, 0.25) is 0 Å². The number of carbonyl (C=O) groups excluding carboxylic acids is 2. The van der Waals surface area contributed by atoms with Crippen molar-refractivity contribution < 1.29 is 14.0 Å². The van der Waals surface area contributed by atoms with Crippen molar-refractivity contribution in [2.75, 3.05) is 11.9 Å². The second kappa shape index (κ2) is 7.03. The zero-order valence-corrected chi connectivity index (χ0v) is 11.3. The van der Waals surface area contributed by atoms with Crippen molar-refractivity contribution in [1.29, 1.82) is 0 Å². The molecule has 0 aliphatic heterocycles. The van der Waals surface area contributed by atoms with Crippen molar-refractivity contribution in [3.05, 3.63) is 30.1 Å². The van der Waals surface area contributed by atoms with Gasteiger partial charge in [-0.15, -0.1) is 0 Å². The van der Waals surface area contributed by atoms with Crippen LogP contribution in [0.4, 0.5) is 10.1 Å². The maximum absolute atomic E-state index is 13.3. The summed E-state index contributed by atoms with van der Waals surface area (Å²) >= 11 is 0. The molecule has 0 atom stereocenters. The maximum atomic E-state index is 13.3. The van der Waals surface area contributed by atoms with Crippen LogP contribution in [0.15, 0.2) is 24.3 Å². The van der Waals surface area contributed by atoms with E-state index in [1.54, 1.807) is 12.1 Å². The molecule has 1 saturated carbocycles. The Morgan fingerprint density at radius 2 is 1.90 bits per heavy atom. The molecule has 0 heterocycles. The average molecular weight is 278 g/mol. The summed E-state index contributed by atoms with van der Waals surface area (Å²) in [6.07, 6.45) is 4.23. The van der Waals surface area contributed by atoms with Gasteiger partial charge < -0.3 is 10.6 Å². The minimum absolute atomic E-state index is 0.0289. The zero-order valence-electron chi connectivity index (χ0n) is 11.3. The van der Waals surface area contributed by atoms with Crippen molar-refractivity contribution in [3.63, 3.8) is 0 Å². The summed E-state index contributed by atoms with van der Waals surface area (Å²) in [4.78, 5) is 23.4. The van der Waals surface area contributed by atoms with Gasteiger partial charge in [0, 0.05) is 18.9 Å². The van der Waals surface area contributed by atoms with E-state index in [1.807, 2.05) is 0 Å². The topological polar surface area (TPSA) is 58.2 Å².